The molecular weight excluding hydrogens is 1060 g/mol. The molecule has 0 aliphatic carbocycles. The molecule has 6 aromatic rings. The van der Waals surface area contributed by atoms with Gasteiger partial charge in [0.2, 0.25) is 0 Å². The van der Waals surface area contributed by atoms with E-state index in [9.17, 15) is 17.3 Å². The molecule has 0 unspecified atom stereocenters. The predicted octanol–water partition coefficient (Wildman–Crippen LogP) is 16.6. The van der Waals surface area contributed by atoms with Gasteiger partial charge >= 0.3 is 29.6 Å². The van der Waals surface area contributed by atoms with Crippen molar-refractivity contribution in [3.05, 3.63) is 152 Å². The summed E-state index contributed by atoms with van der Waals surface area (Å²) in [5.41, 5.74) is 26.4. The second kappa shape index (κ2) is 21.0. The molecule has 0 saturated carbocycles. The molecular formula is C60H64AuBF4N4. The number of rotatable bonds is 6. The van der Waals surface area contributed by atoms with Crippen molar-refractivity contribution in [2.75, 3.05) is 0 Å². The van der Waals surface area contributed by atoms with Gasteiger partial charge in [0.05, 0.1) is 22.8 Å². The first-order valence-electron chi connectivity index (χ1n) is 24.3. The first-order valence-corrected chi connectivity index (χ1v) is 24.3. The van der Waals surface area contributed by atoms with Gasteiger partial charge in [0.25, 0.3) is 0 Å². The molecule has 0 spiro atoms. The summed E-state index contributed by atoms with van der Waals surface area (Å²) in [5, 5.41) is 0. The topological polar surface area (TPSA) is 54.0 Å². The van der Waals surface area contributed by atoms with Gasteiger partial charge in [-0.1, -0.05) is 164 Å². The van der Waals surface area contributed by atoms with Crippen molar-refractivity contribution in [3.63, 3.8) is 0 Å². The quantitative estimate of drug-likeness (QED) is 0.0947. The Labute approximate surface area is 428 Å². The Bertz CT molecular complexity index is 3220. The Balaban J connectivity index is 0.00000127. The molecule has 10 heteroatoms. The first-order chi connectivity index (χ1) is 32.5. The van der Waals surface area contributed by atoms with Crippen LogP contribution in [0.25, 0.3) is 66.6 Å². The van der Waals surface area contributed by atoms with Crippen molar-refractivity contribution in [1.82, 2.24) is 19.9 Å². The van der Waals surface area contributed by atoms with Crippen molar-refractivity contribution >= 4 is 51.6 Å². The molecule has 0 amide bonds. The van der Waals surface area contributed by atoms with Crippen LogP contribution in [0.5, 0.6) is 0 Å². The zero-order chi connectivity index (χ0) is 50.3. The Morgan fingerprint density at radius 2 is 0.900 bits per heavy atom. The monoisotopic (exact) mass is 1120 g/mol. The van der Waals surface area contributed by atoms with E-state index in [1.54, 1.807) is 0 Å². The summed E-state index contributed by atoms with van der Waals surface area (Å²) in [6.45, 7) is 31.9. The van der Waals surface area contributed by atoms with Gasteiger partial charge in [0.1, 0.15) is 0 Å². The van der Waals surface area contributed by atoms with E-state index < -0.39 is 7.25 Å². The van der Waals surface area contributed by atoms with Crippen molar-refractivity contribution < 1.29 is 39.6 Å². The van der Waals surface area contributed by atoms with E-state index in [4.69, 9.17) is 19.9 Å². The van der Waals surface area contributed by atoms with Crippen LogP contribution in [0.3, 0.4) is 0 Å². The van der Waals surface area contributed by atoms with Gasteiger partial charge in [0, 0.05) is 11.1 Å². The minimum Gasteiger partial charge on any atom is -0.657 e. The Kier molecular flexibility index (Phi) is 16.1. The molecule has 8 bridgehead atoms. The van der Waals surface area contributed by atoms with E-state index in [2.05, 4.69) is 163 Å². The van der Waals surface area contributed by atoms with Crippen LogP contribution in [0.4, 0.5) is 17.3 Å². The number of fused-ring (bicyclic) bond motifs is 8. The van der Waals surface area contributed by atoms with Gasteiger partial charge < -0.3 is 27.2 Å². The molecule has 366 valence electrons. The molecule has 3 aromatic carbocycles. The maximum absolute atomic E-state index is 9.75. The van der Waals surface area contributed by atoms with Gasteiger partial charge in [-0.15, -0.1) is 22.1 Å². The van der Waals surface area contributed by atoms with E-state index in [1.165, 1.54) is 55.7 Å². The second-order valence-electron chi connectivity index (χ2n) is 20.2. The fraction of sp³-hybridized carbons (Fsp3) is 0.333. The Hall–Kier alpha value is -5.65. The number of hydrogen-bond donors (Lipinski definition) is 0. The third kappa shape index (κ3) is 11.1. The number of hydrogen-bond acceptors (Lipinski definition) is 2. The van der Waals surface area contributed by atoms with Crippen LogP contribution in [-0.4, -0.2) is 17.2 Å². The summed E-state index contributed by atoms with van der Waals surface area (Å²) in [6, 6.07) is 30.5. The van der Waals surface area contributed by atoms with Gasteiger partial charge in [-0.05, 0) is 144 Å². The van der Waals surface area contributed by atoms with Crippen LogP contribution in [0.1, 0.15) is 163 Å². The van der Waals surface area contributed by atoms with Crippen LogP contribution < -0.4 is 9.97 Å². The van der Waals surface area contributed by atoms with Crippen LogP contribution in [-0.2, 0) is 46.1 Å². The van der Waals surface area contributed by atoms with Crippen molar-refractivity contribution in [2.45, 2.75) is 133 Å². The predicted molar refractivity (Wildman–Crippen MR) is 284 cm³/mol. The number of allylic oxidation sites excluding steroid dienone is 4. The van der Waals surface area contributed by atoms with Crippen LogP contribution >= 0.6 is 0 Å². The molecule has 70 heavy (non-hydrogen) atoms. The molecule has 5 heterocycles. The summed E-state index contributed by atoms with van der Waals surface area (Å²) in [5.74, 6) is 6.71. The van der Waals surface area contributed by atoms with Crippen molar-refractivity contribution in [3.8, 4) is 34.1 Å². The van der Waals surface area contributed by atoms with E-state index in [1.807, 2.05) is 30.3 Å². The number of aryl methyl sites for hydroxylation is 4. The maximum atomic E-state index is 9.75. The van der Waals surface area contributed by atoms with Crippen LogP contribution in [0.15, 0.2) is 84.9 Å². The normalized spacial score (nSPS) is 12.9. The molecule has 0 fully saturated rings. The standard InChI is InChI=1S/C60H64N4.Au.BF4/c1-15-45-35(5)55-53(41-28-26-40(27-29-41)25-24-39-22-20-19-21-23-39)56-36(6)46(16-2)50(62-56)34-52-48(18-4)38(8)58(64-52)54(57-37(7)47(17-3)51(63-57)33-49(45)61-55)42-30-43(59(9,10)11)32-44(31-42)60(12,13)14;;2-1(3,4)5/h19-23,26-34H,15-18H2,1-14H3;;/q-2;+3;-1. The van der Waals surface area contributed by atoms with E-state index in [0.29, 0.717) is 0 Å². The third-order valence-corrected chi connectivity index (χ3v) is 13.6. The molecule has 0 saturated heterocycles. The zero-order valence-electron chi connectivity index (χ0n) is 43.1. The first kappa shape index (κ1) is 53.7. The molecule has 0 N–H and O–H groups in total. The smallest absolute Gasteiger partial charge is 0.657 e. The number of aromatic nitrogens is 4. The van der Waals surface area contributed by atoms with E-state index in [-0.39, 0.29) is 33.2 Å². The van der Waals surface area contributed by atoms with Gasteiger partial charge in [-0.2, -0.15) is 0 Å². The van der Waals surface area contributed by atoms with E-state index >= 15 is 0 Å². The molecule has 3 aromatic heterocycles. The molecule has 2 aliphatic rings. The van der Waals surface area contributed by atoms with Crippen LogP contribution in [0, 0.1) is 25.7 Å². The van der Waals surface area contributed by atoms with Crippen molar-refractivity contribution in [1.29, 1.82) is 0 Å². The summed E-state index contributed by atoms with van der Waals surface area (Å²) < 4.78 is 39.0. The molecule has 4 nitrogen and oxygen atoms in total. The fourth-order valence-electron chi connectivity index (χ4n) is 9.72. The van der Waals surface area contributed by atoms with E-state index in [0.717, 1.165) is 104 Å². The number of nitrogens with zero attached hydrogens (tertiary/aromatic N) is 4. The molecule has 2 aliphatic heterocycles. The summed E-state index contributed by atoms with van der Waals surface area (Å²) in [7, 11) is -6.00. The minimum absolute atomic E-state index is 0. The average Bonchev–Trinajstić information content (AvgIpc) is 3.98. The fourth-order valence-corrected chi connectivity index (χ4v) is 9.72. The summed E-state index contributed by atoms with van der Waals surface area (Å²) >= 11 is 0. The second-order valence-corrected chi connectivity index (χ2v) is 20.2. The Morgan fingerprint density at radius 3 is 1.27 bits per heavy atom. The number of halogens is 4. The average molecular weight is 1120 g/mol. The van der Waals surface area contributed by atoms with Gasteiger partial charge in [-0.3, -0.25) is 0 Å². The summed E-state index contributed by atoms with van der Waals surface area (Å²) in [4.78, 5) is 22.6. The largest absolute Gasteiger partial charge is 3.00 e. The molecule has 8 rings (SSSR count). The zero-order valence-corrected chi connectivity index (χ0v) is 45.3. The van der Waals surface area contributed by atoms with Gasteiger partial charge in [-0.25, -0.2) is 9.97 Å². The Morgan fingerprint density at radius 1 is 0.514 bits per heavy atom. The molecule has 0 atom stereocenters. The van der Waals surface area contributed by atoms with Crippen molar-refractivity contribution in [2.24, 2.45) is 0 Å². The third-order valence-electron chi connectivity index (χ3n) is 13.6. The molecule has 0 radical (unpaired) electrons. The van der Waals surface area contributed by atoms with Crippen LogP contribution in [0.2, 0.25) is 0 Å². The minimum atomic E-state index is -6.00. The number of benzene rings is 3. The van der Waals surface area contributed by atoms with Gasteiger partial charge in [0.15, 0.2) is 0 Å². The SMILES string of the molecule is CCC1=C(C)c2nc1cc1[n-]c(c(C)c1CC)c(-c1ccc(C#Cc3ccccc3)cc1)c1nc(cc3[n-]c(c(C)c3CC)c2-c2cc(C(C)(C)C)cc(C(C)(C)C)c2)C(CC)=C1C.F[B-](F)(F)F.[Au+3]. The maximum Gasteiger partial charge on any atom is 3.00 e. The summed E-state index contributed by atoms with van der Waals surface area (Å²) in [6.07, 6.45) is 3.39.